The van der Waals surface area contributed by atoms with Crippen LogP contribution >= 0.6 is 11.7 Å². The van der Waals surface area contributed by atoms with Gasteiger partial charge in [0, 0.05) is 18.4 Å². The Morgan fingerprint density at radius 1 is 1.00 bits per heavy atom. The van der Waals surface area contributed by atoms with Crippen molar-refractivity contribution in [3.05, 3.63) is 11.8 Å². The van der Waals surface area contributed by atoms with Gasteiger partial charge in [-0.2, -0.15) is 4.37 Å². The van der Waals surface area contributed by atoms with Crippen LogP contribution in [0.1, 0.15) is 117 Å². The molecule has 0 saturated carbocycles. The van der Waals surface area contributed by atoms with Crippen LogP contribution in [-0.2, 0) is 9.53 Å². The number of hydrogen-bond acceptors (Lipinski definition) is 6. The Balaban J connectivity index is 0.00000648. The van der Waals surface area contributed by atoms with Crippen LogP contribution in [0.25, 0.3) is 5.57 Å². The number of hydrogen-bond donors (Lipinski definition) is 0. The second-order valence-corrected chi connectivity index (χ2v) is 11.2. The molecule has 0 amide bonds. The summed E-state index contributed by atoms with van der Waals surface area (Å²) in [6.45, 7) is 10.7. The monoisotopic (exact) mass is 635 g/mol. The van der Waals surface area contributed by atoms with Gasteiger partial charge in [-0.3, -0.25) is 9.28 Å². The minimum absolute atomic E-state index is 0. The van der Waals surface area contributed by atoms with Crippen LogP contribution in [-0.4, -0.2) is 52.2 Å². The number of quaternary nitrogens is 1. The number of esters is 1. The van der Waals surface area contributed by atoms with Gasteiger partial charge in [-0.05, 0) is 12.8 Å². The van der Waals surface area contributed by atoms with E-state index in [-0.39, 0.29) is 42.1 Å². The predicted octanol–water partition coefficient (Wildman–Crippen LogP) is 4.40. The first-order chi connectivity index (χ1) is 16.9. The summed E-state index contributed by atoms with van der Waals surface area (Å²) in [6.07, 6.45) is 17.5. The van der Waals surface area contributed by atoms with Crippen molar-refractivity contribution in [2.24, 2.45) is 5.92 Å². The van der Waals surface area contributed by atoms with Gasteiger partial charge in [0.2, 0.25) is 6.23 Å². The van der Waals surface area contributed by atoms with Crippen molar-refractivity contribution in [3.8, 4) is 5.88 Å². The van der Waals surface area contributed by atoms with E-state index in [2.05, 4.69) is 35.7 Å². The summed E-state index contributed by atoms with van der Waals surface area (Å²) in [6, 6.07) is 0. The number of carbonyl (C=O) groups excluding carboxylic acids is 1. The molecule has 0 radical (unpaired) electrons. The van der Waals surface area contributed by atoms with Gasteiger partial charge in [-0.25, -0.2) is 0 Å². The second-order valence-electron chi connectivity index (χ2n) is 10.7. The molecule has 1 aliphatic heterocycles. The van der Waals surface area contributed by atoms with Gasteiger partial charge < -0.3 is 33.5 Å². The maximum absolute atomic E-state index is 12.6. The number of halogens is 1. The van der Waals surface area contributed by atoms with Crippen molar-refractivity contribution in [3.63, 3.8) is 0 Å². The van der Waals surface area contributed by atoms with Gasteiger partial charge in [0.05, 0.1) is 37.8 Å². The number of aromatic nitrogens is 2. The molecule has 2 heterocycles. The lowest BCUT2D eigenvalue weighted by Gasteiger charge is -2.43. The van der Waals surface area contributed by atoms with Crippen LogP contribution < -0.4 is 28.7 Å². The van der Waals surface area contributed by atoms with Crippen LogP contribution in [0.2, 0.25) is 0 Å². The van der Waals surface area contributed by atoms with E-state index in [1.165, 1.54) is 75.1 Å². The molecule has 36 heavy (non-hydrogen) atoms. The molecule has 2 rings (SSSR count). The summed E-state index contributed by atoms with van der Waals surface area (Å²) in [5.41, 5.74) is 2.04. The predicted molar refractivity (Wildman–Crippen MR) is 145 cm³/mol. The zero-order valence-electron chi connectivity index (χ0n) is 23.4. The number of unbranched alkanes of at least 4 members (excludes halogenated alkanes) is 9. The molecule has 0 saturated heterocycles. The SMILES string of the molecule is CCCCCCCCCC(OC(=O)C(C)C)[N+]1(C)CCC=C(c2nsnc2OCCCCCC)C1.[I-]. The topological polar surface area (TPSA) is 61.3 Å². The first-order valence-electron chi connectivity index (χ1n) is 14.1. The lowest BCUT2D eigenvalue weighted by Crippen LogP contribution is -3.00. The van der Waals surface area contributed by atoms with E-state index in [1.54, 1.807) is 0 Å². The smallest absolute Gasteiger partial charge is 0.312 e. The van der Waals surface area contributed by atoms with Crippen LogP contribution in [0.3, 0.4) is 0 Å². The Labute approximate surface area is 241 Å². The molecule has 0 aliphatic carbocycles. The Morgan fingerprint density at radius 2 is 1.64 bits per heavy atom. The molecule has 0 fully saturated rings. The average molecular weight is 636 g/mol. The third-order valence-corrected chi connectivity index (χ3v) is 7.55. The van der Waals surface area contributed by atoms with Crippen LogP contribution in [0.4, 0.5) is 0 Å². The minimum atomic E-state index is -0.130. The van der Waals surface area contributed by atoms with Gasteiger partial charge in [-0.1, -0.05) is 91.6 Å². The van der Waals surface area contributed by atoms with Crippen molar-refractivity contribution in [2.45, 2.75) is 117 Å². The highest BCUT2D eigenvalue weighted by Gasteiger charge is 2.39. The fourth-order valence-electron chi connectivity index (χ4n) is 4.70. The highest BCUT2D eigenvalue weighted by molar-refractivity contribution is 6.99. The van der Waals surface area contributed by atoms with Crippen LogP contribution in [0, 0.1) is 5.92 Å². The maximum atomic E-state index is 12.6. The molecule has 0 N–H and O–H groups in total. The number of rotatable bonds is 18. The van der Waals surface area contributed by atoms with E-state index >= 15 is 0 Å². The number of nitrogens with zero attached hydrogens (tertiary/aromatic N) is 3. The van der Waals surface area contributed by atoms with E-state index in [1.807, 2.05) is 13.8 Å². The Hall–Kier alpha value is -0.740. The van der Waals surface area contributed by atoms with E-state index < -0.39 is 0 Å². The minimum Gasteiger partial charge on any atom is -1.00 e. The molecule has 2 atom stereocenters. The fraction of sp³-hybridized carbons (Fsp3) is 0.821. The quantitative estimate of drug-likeness (QED) is 0.104. The van der Waals surface area contributed by atoms with Gasteiger partial charge >= 0.3 is 5.97 Å². The van der Waals surface area contributed by atoms with E-state index in [9.17, 15) is 4.79 Å². The molecule has 0 bridgehead atoms. The summed E-state index contributed by atoms with van der Waals surface area (Å²) >= 11 is 1.22. The van der Waals surface area contributed by atoms with Crippen molar-refractivity contribution in [1.82, 2.24) is 8.75 Å². The lowest BCUT2D eigenvalue weighted by molar-refractivity contribution is -0.947. The summed E-state index contributed by atoms with van der Waals surface area (Å²) in [4.78, 5) is 12.6. The van der Waals surface area contributed by atoms with Crippen LogP contribution in [0.5, 0.6) is 5.88 Å². The Bertz CT molecular complexity index is 771. The molecule has 1 aromatic heterocycles. The third kappa shape index (κ3) is 11.3. The summed E-state index contributed by atoms with van der Waals surface area (Å²) in [5.74, 6) is 0.447. The normalized spacial score (nSPS) is 18.4. The summed E-state index contributed by atoms with van der Waals surface area (Å²) in [7, 11) is 2.23. The summed E-state index contributed by atoms with van der Waals surface area (Å²) in [5, 5.41) is 0. The first-order valence-corrected chi connectivity index (χ1v) is 14.8. The molecule has 0 aromatic carbocycles. The Kier molecular flexibility index (Phi) is 17.1. The average Bonchev–Trinajstić information content (AvgIpc) is 3.31. The molecule has 1 aliphatic rings. The fourth-order valence-corrected chi connectivity index (χ4v) is 5.23. The van der Waals surface area contributed by atoms with E-state index in [0.717, 1.165) is 44.5 Å². The number of carbonyl (C=O) groups is 1. The maximum Gasteiger partial charge on any atom is 0.312 e. The van der Waals surface area contributed by atoms with Crippen molar-refractivity contribution in [2.75, 3.05) is 26.7 Å². The Morgan fingerprint density at radius 3 is 2.31 bits per heavy atom. The second kappa shape index (κ2) is 18.5. The van der Waals surface area contributed by atoms with Gasteiger partial charge in [0.25, 0.3) is 5.88 Å². The van der Waals surface area contributed by atoms with Crippen molar-refractivity contribution >= 4 is 23.3 Å². The summed E-state index contributed by atoms with van der Waals surface area (Å²) < 4.78 is 21.9. The molecule has 0 spiro atoms. The standard InChI is InChI=1S/C28H50N3O3S.HI/c1-6-8-10-12-13-14-15-19-25(34-28(32)23(3)4)31(5)20-17-18-24(22-31)26-27(30-35-29-26)33-21-16-11-9-7-2;/h18,23,25H,6-17,19-22H2,1-5H3;1H/q+1;/p-1. The lowest BCUT2D eigenvalue weighted by atomic mass is 10.0. The van der Waals surface area contributed by atoms with E-state index in [4.69, 9.17) is 9.47 Å². The highest BCUT2D eigenvalue weighted by atomic mass is 127. The van der Waals surface area contributed by atoms with Gasteiger partial charge in [0.1, 0.15) is 12.2 Å². The zero-order chi connectivity index (χ0) is 25.5. The molecule has 2 unspecified atom stereocenters. The van der Waals surface area contributed by atoms with Gasteiger partial charge in [-0.15, -0.1) is 4.37 Å². The zero-order valence-corrected chi connectivity index (χ0v) is 26.4. The molecular weight excluding hydrogens is 585 g/mol. The number of likely N-dealkylation sites (N-methyl/N-ethyl adjacent to an activating group) is 1. The number of ether oxygens (including phenoxy) is 2. The molecule has 208 valence electrons. The van der Waals surface area contributed by atoms with E-state index in [0.29, 0.717) is 17.0 Å². The first kappa shape index (κ1) is 33.3. The van der Waals surface area contributed by atoms with Gasteiger partial charge in [0.15, 0.2) is 0 Å². The molecular formula is C28H50IN3O3S. The largest absolute Gasteiger partial charge is 1.00 e. The van der Waals surface area contributed by atoms with Crippen molar-refractivity contribution in [1.29, 1.82) is 0 Å². The van der Waals surface area contributed by atoms with Crippen molar-refractivity contribution < 1.29 is 42.7 Å². The van der Waals surface area contributed by atoms with Crippen LogP contribution in [0.15, 0.2) is 6.08 Å². The molecule has 1 aromatic rings. The highest BCUT2D eigenvalue weighted by Crippen LogP contribution is 2.33. The molecule has 8 heteroatoms. The third-order valence-electron chi connectivity index (χ3n) is 7.03. The molecule has 6 nitrogen and oxygen atoms in total.